The minimum Gasteiger partial charge on any atom is -0.481 e. The average molecular weight is 362 g/mol. The van der Waals surface area contributed by atoms with Gasteiger partial charge in [-0.25, -0.2) is 4.98 Å². The van der Waals surface area contributed by atoms with Gasteiger partial charge in [-0.05, 0) is 31.2 Å². The monoisotopic (exact) mass is 362 g/mol. The van der Waals surface area contributed by atoms with Crippen LogP contribution in [0.4, 0.5) is 0 Å². The minimum absolute atomic E-state index is 0.0198. The van der Waals surface area contributed by atoms with Crippen LogP contribution in [0.1, 0.15) is 31.2 Å². The predicted molar refractivity (Wildman–Crippen MR) is 97.3 cm³/mol. The third kappa shape index (κ3) is 4.19. The number of likely N-dealkylation sites (tertiary alicyclic amines) is 1. The Balaban J connectivity index is 1.25. The second-order valence-corrected chi connectivity index (χ2v) is 7.85. The molecule has 4 heterocycles. The van der Waals surface area contributed by atoms with Crippen LogP contribution >= 0.6 is 0 Å². The van der Waals surface area contributed by atoms with Crippen molar-refractivity contribution in [2.45, 2.75) is 43.9 Å². The summed E-state index contributed by atoms with van der Waals surface area (Å²) in [5.74, 6) is 1.38. The number of aromatic nitrogens is 1. The van der Waals surface area contributed by atoms with Gasteiger partial charge in [0.1, 0.15) is 0 Å². The third-order valence-electron chi connectivity index (χ3n) is 5.82. The number of pyridine rings is 1. The van der Waals surface area contributed by atoms with Gasteiger partial charge in [-0.3, -0.25) is 4.90 Å². The first-order valence-electron chi connectivity index (χ1n) is 9.80. The predicted octanol–water partition coefficient (Wildman–Crippen LogP) is 2.27. The molecule has 0 bridgehead atoms. The molecule has 0 radical (unpaired) electrons. The SMILES string of the molecule is COc1ncccc1CN1CC2(C[C@H](OCC3CCOCC3)CCO2)C1. The number of nitrogens with zero attached hydrogens (tertiary/aromatic N) is 2. The van der Waals surface area contributed by atoms with Crippen LogP contribution in [0.25, 0.3) is 0 Å². The Morgan fingerprint density at radius 1 is 1.23 bits per heavy atom. The highest BCUT2D eigenvalue weighted by Crippen LogP contribution is 2.37. The number of ether oxygens (including phenoxy) is 4. The Hall–Kier alpha value is -1.21. The molecule has 3 aliphatic rings. The standard InChI is InChI=1S/C20H30N2O4/c1-23-19-17(3-2-7-21-19)12-22-14-20(15-22)11-18(6-10-26-20)25-13-16-4-8-24-9-5-16/h2-3,7,16,18H,4-6,8-15H2,1H3/t18-/m1/s1. The van der Waals surface area contributed by atoms with E-state index in [1.165, 1.54) is 0 Å². The molecule has 0 aliphatic carbocycles. The summed E-state index contributed by atoms with van der Waals surface area (Å²) in [5, 5.41) is 0. The van der Waals surface area contributed by atoms with Gasteiger partial charge in [0.05, 0.1) is 18.8 Å². The van der Waals surface area contributed by atoms with Gasteiger partial charge in [-0.2, -0.15) is 0 Å². The van der Waals surface area contributed by atoms with E-state index in [1.807, 2.05) is 6.07 Å². The second-order valence-electron chi connectivity index (χ2n) is 7.85. The van der Waals surface area contributed by atoms with Crippen molar-refractivity contribution in [1.29, 1.82) is 0 Å². The molecule has 1 atom stereocenters. The smallest absolute Gasteiger partial charge is 0.217 e. The largest absolute Gasteiger partial charge is 0.481 e. The van der Waals surface area contributed by atoms with Crippen molar-refractivity contribution in [3.05, 3.63) is 23.9 Å². The zero-order valence-corrected chi connectivity index (χ0v) is 15.7. The van der Waals surface area contributed by atoms with Gasteiger partial charge in [-0.1, -0.05) is 6.07 Å². The fraction of sp³-hybridized carbons (Fsp3) is 0.750. The third-order valence-corrected chi connectivity index (χ3v) is 5.82. The highest BCUT2D eigenvalue weighted by molar-refractivity contribution is 5.25. The number of methoxy groups -OCH3 is 1. The van der Waals surface area contributed by atoms with Gasteiger partial charge in [0.15, 0.2) is 0 Å². The van der Waals surface area contributed by atoms with Gasteiger partial charge in [0.2, 0.25) is 5.88 Å². The van der Waals surface area contributed by atoms with Crippen molar-refractivity contribution >= 4 is 0 Å². The fourth-order valence-corrected chi connectivity index (χ4v) is 4.38. The first kappa shape index (κ1) is 18.2. The summed E-state index contributed by atoms with van der Waals surface area (Å²) in [6.07, 6.45) is 6.40. The molecule has 1 aromatic rings. The van der Waals surface area contributed by atoms with Crippen molar-refractivity contribution in [3.8, 4) is 5.88 Å². The second kappa shape index (κ2) is 8.21. The molecule has 6 nitrogen and oxygen atoms in total. The van der Waals surface area contributed by atoms with E-state index in [2.05, 4.69) is 16.0 Å². The summed E-state index contributed by atoms with van der Waals surface area (Å²) >= 11 is 0. The molecule has 0 N–H and O–H groups in total. The van der Waals surface area contributed by atoms with Crippen LogP contribution in [0.5, 0.6) is 5.88 Å². The van der Waals surface area contributed by atoms with Gasteiger partial charge in [0, 0.05) is 64.2 Å². The van der Waals surface area contributed by atoms with Crippen LogP contribution in [0.15, 0.2) is 18.3 Å². The van der Waals surface area contributed by atoms with Crippen molar-refractivity contribution in [1.82, 2.24) is 9.88 Å². The molecule has 3 saturated heterocycles. The van der Waals surface area contributed by atoms with Crippen molar-refractivity contribution in [2.75, 3.05) is 46.6 Å². The highest BCUT2D eigenvalue weighted by atomic mass is 16.5. The molecular formula is C20H30N2O4. The maximum absolute atomic E-state index is 6.26. The van der Waals surface area contributed by atoms with Crippen molar-refractivity contribution < 1.29 is 18.9 Å². The quantitative estimate of drug-likeness (QED) is 0.774. The Kier molecular flexibility index (Phi) is 5.74. The molecule has 144 valence electrons. The highest BCUT2D eigenvalue weighted by Gasteiger charge is 2.47. The van der Waals surface area contributed by atoms with Gasteiger partial charge in [-0.15, -0.1) is 0 Å². The van der Waals surface area contributed by atoms with Crippen LogP contribution in [0, 0.1) is 5.92 Å². The molecule has 3 fully saturated rings. The zero-order chi connectivity index (χ0) is 17.8. The molecule has 26 heavy (non-hydrogen) atoms. The van der Waals surface area contributed by atoms with E-state index in [4.69, 9.17) is 18.9 Å². The van der Waals surface area contributed by atoms with Crippen LogP contribution in [0.2, 0.25) is 0 Å². The Bertz CT molecular complexity index is 585. The molecular weight excluding hydrogens is 332 g/mol. The summed E-state index contributed by atoms with van der Waals surface area (Å²) in [6, 6.07) is 4.04. The summed E-state index contributed by atoms with van der Waals surface area (Å²) in [5.41, 5.74) is 1.11. The van der Waals surface area contributed by atoms with Crippen LogP contribution in [0.3, 0.4) is 0 Å². The van der Waals surface area contributed by atoms with Gasteiger partial charge >= 0.3 is 0 Å². The summed E-state index contributed by atoms with van der Waals surface area (Å²) in [4.78, 5) is 6.69. The number of rotatable bonds is 6. The Morgan fingerprint density at radius 3 is 2.88 bits per heavy atom. The lowest BCUT2D eigenvalue weighted by molar-refractivity contribution is -0.201. The maximum Gasteiger partial charge on any atom is 0.217 e. The Labute approximate surface area is 155 Å². The topological polar surface area (TPSA) is 53.1 Å². The first-order valence-corrected chi connectivity index (χ1v) is 9.80. The molecule has 6 heteroatoms. The van der Waals surface area contributed by atoms with E-state index in [-0.39, 0.29) is 5.60 Å². The maximum atomic E-state index is 6.26. The van der Waals surface area contributed by atoms with E-state index in [0.29, 0.717) is 12.0 Å². The Morgan fingerprint density at radius 2 is 2.08 bits per heavy atom. The van der Waals surface area contributed by atoms with E-state index in [1.54, 1.807) is 13.3 Å². The van der Waals surface area contributed by atoms with E-state index >= 15 is 0 Å². The zero-order valence-electron chi connectivity index (χ0n) is 15.7. The lowest BCUT2D eigenvalue weighted by atomic mass is 9.84. The molecule has 0 unspecified atom stereocenters. The summed E-state index contributed by atoms with van der Waals surface area (Å²) < 4.78 is 23.2. The molecule has 1 aromatic heterocycles. The number of hydrogen-bond acceptors (Lipinski definition) is 6. The van der Waals surface area contributed by atoms with Gasteiger partial charge < -0.3 is 18.9 Å². The molecule has 0 saturated carbocycles. The first-order chi connectivity index (χ1) is 12.8. The molecule has 1 spiro atoms. The lowest BCUT2D eigenvalue weighted by Gasteiger charge is -2.53. The molecule has 3 aliphatic heterocycles. The van der Waals surface area contributed by atoms with Gasteiger partial charge in [0.25, 0.3) is 0 Å². The fourth-order valence-electron chi connectivity index (χ4n) is 4.38. The van der Waals surface area contributed by atoms with E-state index < -0.39 is 0 Å². The minimum atomic E-state index is -0.0198. The lowest BCUT2D eigenvalue weighted by Crippen LogP contribution is -2.65. The molecule has 4 rings (SSSR count). The van der Waals surface area contributed by atoms with E-state index in [0.717, 1.165) is 83.2 Å². The summed E-state index contributed by atoms with van der Waals surface area (Å²) in [7, 11) is 1.67. The van der Waals surface area contributed by atoms with Crippen LogP contribution in [-0.4, -0.2) is 68.2 Å². The average Bonchev–Trinajstić information content (AvgIpc) is 2.67. The van der Waals surface area contributed by atoms with E-state index in [9.17, 15) is 0 Å². The van der Waals surface area contributed by atoms with Crippen molar-refractivity contribution in [2.24, 2.45) is 5.92 Å². The number of hydrogen-bond donors (Lipinski definition) is 0. The normalized spacial score (nSPS) is 26.6. The summed E-state index contributed by atoms with van der Waals surface area (Å²) in [6.45, 7) is 6.24. The molecule has 0 aromatic carbocycles. The van der Waals surface area contributed by atoms with Crippen LogP contribution < -0.4 is 4.74 Å². The van der Waals surface area contributed by atoms with Crippen LogP contribution in [-0.2, 0) is 20.8 Å². The molecule has 0 amide bonds. The van der Waals surface area contributed by atoms with Crippen molar-refractivity contribution in [3.63, 3.8) is 0 Å².